The SMILES string of the molecule is COc1ccc(N(C)c2cnc(SCc3ccccc3)n2-c2ccc(F)cc2)cc1OC. The Balaban J connectivity index is 1.72. The maximum absolute atomic E-state index is 13.6. The van der Waals surface area contributed by atoms with E-state index in [-0.39, 0.29) is 5.82 Å². The van der Waals surface area contributed by atoms with Crippen molar-refractivity contribution in [3.63, 3.8) is 0 Å². The number of nitrogens with zero attached hydrogens (tertiary/aromatic N) is 3. The van der Waals surface area contributed by atoms with E-state index in [0.29, 0.717) is 11.5 Å². The van der Waals surface area contributed by atoms with Crippen LogP contribution in [0.4, 0.5) is 15.9 Å². The first-order valence-electron chi connectivity index (χ1n) is 10.1. The third-order valence-corrected chi connectivity index (χ3v) is 6.13. The average molecular weight is 450 g/mol. The summed E-state index contributed by atoms with van der Waals surface area (Å²) in [4.78, 5) is 6.71. The second-order valence-electron chi connectivity index (χ2n) is 7.08. The van der Waals surface area contributed by atoms with E-state index < -0.39 is 0 Å². The highest BCUT2D eigenvalue weighted by atomic mass is 32.2. The van der Waals surface area contributed by atoms with Gasteiger partial charge < -0.3 is 14.4 Å². The predicted octanol–water partition coefficient (Wildman–Crippen LogP) is 6.09. The molecule has 0 aliphatic heterocycles. The molecule has 0 saturated heterocycles. The third kappa shape index (κ3) is 4.57. The standard InChI is InChI=1S/C25H24FN3O2S/c1-28(21-13-14-22(30-2)23(15-21)31-3)24-16-27-25(32-17-18-7-5-4-6-8-18)29(24)20-11-9-19(26)10-12-20/h4-16H,17H2,1-3H3. The fourth-order valence-electron chi connectivity index (χ4n) is 3.39. The Kier molecular flexibility index (Phi) is 6.66. The van der Waals surface area contributed by atoms with Crippen molar-refractivity contribution in [3.8, 4) is 17.2 Å². The fraction of sp³-hybridized carbons (Fsp3) is 0.160. The topological polar surface area (TPSA) is 39.5 Å². The lowest BCUT2D eigenvalue weighted by molar-refractivity contribution is 0.355. The van der Waals surface area contributed by atoms with Gasteiger partial charge in [0, 0.05) is 30.2 Å². The first-order chi connectivity index (χ1) is 15.6. The third-order valence-electron chi connectivity index (χ3n) is 5.10. The van der Waals surface area contributed by atoms with Crippen LogP contribution in [-0.2, 0) is 5.75 Å². The fourth-order valence-corrected chi connectivity index (χ4v) is 4.33. The van der Waals surface area contributed by atoms with Gasteiger partial charge >= 0.3 is 0 Å². The number of methoxy groups -OCH3 is 2. The number of aromatic nitrogens is 2. The van der Waals surface area contributed by atoms with E-state index in [4.69, 9.17) is 9.47 Å². The van der Waals surface area contributed by atoms with Gasteiger partial charge in [-0.05, 0) is 42.0 Å². The highest BCUT2D eigenvalue weighted by Gasteiger charge is 2.18. The molecule has 3 aromatic carbocycles. The molecule has 0 radical (unpaired) electrons. The number of hydrogen-bond acceptors (Lipinski definition) is 5. The Bertz CT molecular complexity index is 1180. The second kappa shape index (κ2) is 9.78. The second-order valence-corrected chi connectivity index (χ2v) is 8.03. The first kappa shape index (κ1) is 21.8. The van der Waals surface area contributed by atoms with E-state index in [1.165, 1.54) is 17.7 Å². The number of ether oxygens (including phenoxy) is 2. The highest BCUT2D eigenvalue weighted by molar-refractivity contribution is 7.98. The number of anilines is 2. The van der Waals surface area contributed by atoms with E-state index >= 15 is 0 Å². The molecule has 0 N–H and O–H groups in total. The lowest BCUT2D eigenvalue weighted by Gasteiger charge is -2.23. The van der Waals surface area contributed by atoms with E-state index in [1.54, 1.807) is 38.1 Å². The van der Waals surface area contributed by atoms with Crippen LogP contribution in [0.5, 0.6) is 11.5 Å². The monoisotopic (exact) mass is 449 g/mol. The molecule has 4 rings (SSSR count). The van der Waals surface area contributed by atoms with Crippen LogP contribution in [0.3, 0.4) is 0 Å². The average Bonchev–Trinajstić information content (AvgIpc) is 3.26. The van der Waals surface area contributed by atoms with Crippen LogP contribution in [0, 0.1) is 5.82 Å². The van der Waals surface area contributed by atoms with Gasteiger partial charge in [-0.2, -0.15) is 0 Å². The summed E-state index contributed by atoms with van der Waals surface area (Å²) in [5.74, 6) is 2.65. The summed E-state index contributed by atoms with van der Waals surface area (Å²) in [7, 11) is 5.19. The molecule has 1 aromatic heterocycles. The van der Waals surface area contributed by atoms with E-state index in [2.05, 4.69) is 17.1 Å². The zero-order chi connectivity index (χ0) is 22.5. The van der Waals surface area contributed by atoms with Gasteiger partial charge in [0.1, 0.15) is 11.6 Å². The summed E-state index contributed by atoms with van der Waals surface area (Å²) in [6, 6.07) is 22.4. The van der Waals surface area contributed by atoms with Crippen molar-refractivity contribution in [2.24, 2.45) is 0 Å². The summed E-state index contributed by atoms with van der Waals surface area (Å²) in [5, 5.41) is 0.822. The van der Waals surface area contributed by atoms with Crippen molar-refractivity contribution in [2.45, 2.75) is 10.9 Å². The molecule has 0 atom stereocenters. The van der Waals surface area contributed by atoms with Crippen LogP contribution < -0.4 is 14.4 Å². The van der Waals surface area contributed by atoms with Crippen LogP contribution >= 0.6 is 11.8 Å². The summed E-state index contributed by atoms with van der Waals surface area (Å²) >= 11 is 1.63. The predicted molar refractivity (Wildman–Crippen MR) is 127 cm³/mol. The molecule has 1 heterocycles. The molecule has 0 spiro atoms. The van der Waals surface area contributed by atoms with Gasteiger partial charge in [-0.15, -0.1) is 0 Å². The number of imidazole rings is 1. The molecule has 0 fully saturated rings. The van der Waals surface area contributed by atoms with Crippen molar-refractivity contribution >= 4 is 23.3 Å². The lowest BCUT2D eigenvalue weighted by Crippen LogP contribution is -2.14. The molecule has 32 heavy (non-hydrogen) atoms. The van der Waals surface area contributed by atoms with Gasteiger partial charge in [-0.1, -0.05) is 42.1 Å². The summed E-state index contributed by atoms with van der Waals surface area (Å²) in [6.45, 7) is 0. The number of halogens is 1. The van der Waals surface area contributed by atoms with Crippen molar-refractivity contribution in [1.29, 1.82) is 0 Å². The van der Waals surface area contributed by atoms with Gasteiger partial charge in [-0.25, -0.2) is 9.37 Å². The van der Waals surface area contributed by atoms with Crippen molar-refractivity contribution < 1.29 is 13.9 Å². The molecule has 0 unspecified atom stereocenters. The summed E-state index contributed by atoms with van der Waals surface area (Å²) in [5.41, 5.74) is 2.95. The van der Waals surface area contributed by atoms with Gasteiger partial charge in [-0.3, -0.25) is 4.57 Å². The Hall–Kier alpha value is -3.45. The van der Waals surface area contributed by atoms with E-state index in [9.17, 15) is 4.39 Å². The van der Waals surface area contributed by atoms with Gasteiger partial charge in [0.25, 0.3) is 0 Å². The Morgan fingerprint density at radius 2 is 1.66 bits per heavy atom. The molecule has 0 amide bonds. The Labute approximate surface area is 191 Å². The molecule has 0 saturated carbocycles. The van der Waals surface area contributed by atoms with Crippen LogP contribution in [0.2, 0.25) is 0 Å². The van der Waals surface area contributed by atoms with Crippen molar-refractivity contribution in [1.82, 2.24) is 9.55 Å². The summed E-state index contributed by atoms with van der Waals surface area (Å²) in [6.07, 6.45) is 1.83. The quantitative estimate of drug-likeness (QED) is 0.305. The van der Waals surface area contributed by atoms with E-state index in [1.807, 2.05) is 59.1 Å². The normalized spacial score (nSPS) is 10.8. The maximum Gasteiger partial charge on any atom is 0.174 e. The minimum Gasteiger partial charge on any atom is -0.493 e. The van der Waals surface area contributed by atoms with Gasteiger partial charge in [0.15, 0.2) is 16.7 Å². The smallest absolute Gasteiger partial charge is 0.174 e. The minimum absolute atomic E-state index is 0.276. The maximum atomic E-state index is 13.6. The van der Waals surface area contributed by atoms with Crippen LogP contribution in [0.25, 0.3) is 5.69 Å². The van der Waals surface area contributed by atoms with Crippen molar-refractivity contribution in [2.75, 3.05) is 26.2 Å². The number of thioether (sulfide) groups is 1. The van der Waals surface area contributed by atoms with Crippen LogP contribution in [0.15, 0.2) is 84.1 Å². The largest absolute Gasteiger partial charge is 0.493 e. The molecule has 7 heteroatoms. The lowest BCUT2D eigenvalue weighted by atomic mass is 10.2. The number of rotatable bonds is 8. The zero-order valence-corrected chi connectivity index (χ0v) is 19.0. The molecule has 0 aliphatic carbocycles. The molecule has 5 nitrogen and oxygen atoms in total. The Morgan fingerprint density at radius 3 is 2.34 bits per heavy atom. The molecule has 164 valence electrons. The van der Waals surface area contributed by atoms with Crippen LogP contribution in [0.1, 0.15) is 5.56 Å². The zero-order valence-electron chi connectivity index (χ0n) is 18.2. The van der Waals surface area contributed by atoms with Crippen LogP contribution in [-0.4, -0.2) is 30.8 Å². The first-order valence-corrected chi connectivity index (χ1v) is 11.1. The van der Waals surface area contributed by atoms with E-state index in [0.717, 1.165) is 28.1 Å². The minimum atomic E-state index is -0.276. The molecule has 4 aromatic rings. The molecule has 0 bridgehead atoms. The van der Waals surface area contributed by atoms with Crippen molar-refractivity contribution in [3.05, 3.63) is 90.4 Å². The van der Waals surface area contributed by atoms with Gasteiger partial charge in [0.2, 0.25) is 0 Å². The van der Waals surface area contributed by atoms with Gasteiger partial charge in [0.05, 0.1) is 20.4 Å². The number of benzene rings is 3. The molecule has 0 aliphatic rings. The molecular weight excluding hydrogens is 425 g/mol. The summed E-state index contributed by atoms with van der Waals surface area (Å²) < 4.78 is 26.5. The molecular formula is C25H24FN3O2S. The Morgan fingerprint density at radius 1 is 0.938 bits per heavy atom. The number of hydrogen-bond donors (Lipinski definition) is 0. The highest BCUT2D eigenvalue weighted by Crippen LogP contribution is 2.36.